The van der Waals surface area contributed by atoms with Crippen molar-refractivity contribution in [3.05, 3.63) is 77.6 Å². The Morgan fingerprint density at radius 3 is 2.62 bits per heavy atom. The van der Waals surface area contributed by atoms with Crippen LogP contribution in [0, 0.1) is 5.95 Å². The van der Waals surface area contributed by atoms with Crippen molar-refractivity contribution in [2.45, 2.75) is 12.1 Å². The van der Waals surface area contributed by atoms with E-state index in [0.717, 1.165) is 4.90 Å². The first-order valence-corrected chi connectivity index (χ1v) is 9.64. The second kappa shape index (κ2) is 7.88. The number of aliphatic imine (C=N–C) groups is 1. The molecule has 8 nitrogen and oxygen atoms in total. The van der Waals surface area contributed by atoms with E-state index in [1.807, 2.05) is 0 Å². The standard InChI is InChI=1S/C22H19F2N5O3/c1-28-20(32)22(27-21(28)25,15-11-17(19(30)31)29(12-15)9-7-23)14-5-2-4-13(10-14)16-6-3-8-26-18(16)24/h2-6,8,10-12H,7,9H2,1H3,(H2,25,27)(H,30,31). The summed E-state index contributed by atoms with van der Waals surface area (Å²) in [5.74, 6) is -2.54. The summed E-state index contributed by atoms with van der Waals surface area (Å²) in [5.41, 5.74) is 5.29. The van der Waals surface area contributed by atoms with Crippen molar-refractivity contribution in [1.29, 1.82) is 0 Å². The highest BCUT2D eigenvalue weighted by Crippen LogP contribution is 2.41. The van der Waals surface area contributed by atoms with Gasteiger partial charge in [0.2, 0.25) is 5.95 Å². The zero-order valence-corrected chi connectivity index (χ0v) is 17.0. The number of amides is 1. The lowest BCUT2D eigenvalue weighted by Gasteiger charge is -2.25. The fraction of sp³-hybridized carbons (Fsp3) is 0.182. The molecule has 0 saturated heterocycles. The first kappa shape index (κ1) is 21.2. The molecule has 1 atom stereocenters. The van der Waals surface area contributed by atoms with Gasteiger partial charge in [0, 0.05) is 30.6 Å². The Balaban J connectivity index is 1.96. The van der Waals surface area contributed by atoms with Gasteiger partial charge in [-0.15, -0.1) is 0 Å². The number of carbonyl (C=O) groups is 2. The van der Waals surface area contributed by atoms with Crippen LogP contribution in [0.4, 0.5) is 8.78 Å². The summed E-state index contributed by atoms with van der Waals surface area (Å²) < 4.78 is 28.5. The van der Waals surface area contributed by atoms with Crippen LogP contribution in [0.25, 0.3) is 11.1 Å². The molecule has 1 unspecified atom stereocenters. The third-order valence-electron chi connectivity index (χ3n) is 5.45. The lowest BCUT2D eigenvalue weighted by atomic mass is 9.83. The molecule has 3 N–H and O–H groups in total. The van der Waals surface area contributed by atoms with Crippen LogP contribution in [0.5, 0.6) is 0 Å². The van der Waals surface area contributed by atoms with Crippen molar-refractivity contribution in [3.8, 4) is 11.1 Å². The molecule has 0 spiro atoms. The number of pyridine rings is 1. The summed E-state index contributed by atoms with van der Waals surface area (Å²) >= 11 is 0. The highest BCUT2D eigenvalue weighted by atomic mass is 19.1. The van der Waals surface area contributed by atoms with Gasteiger partial charge in [-0.3, -0.25) is 9.69 Å². The van der Waals surface area contributed by atoms with Gasteiger partial charge in [0.1, 0.15) is 12.4 Å². The van der Waals surface area contributed by atoms with Gasteiger partial charge in [-0.2, -0.15) is 4.39 Å². The molecule has 0 radical (unpaired) electrons. The number of hydrogen-bond acceptors (Lipinski definition) is 5. The molecule has 0 saturated carbocycles. The van der Waals surface area contributed by atoms with Crippen LogP contribution in [0.3, 0.4) is 0 Å². The SMILES string of the molecule is CN1C(=O)C(c2cccc(-c3cccnc3F)c2)(c2cc(C(=O)O)n(CCF)c2)N=C1N. The molecule has 3 aromatic rings. The highest BCUT2D eigenvalue weighted by Gasteiger charge is 2.50. The summed E-state index contributed by atoms with van der Waals surface area (Å²) in [6, 6.07) is 10.9. The second-order valence-corrected chi connectivity index (χ2v) is 7.27. The maximum Gasteiger partial charge on any atom is 0.352 e. The average Bonchev–Trinajstić information content (AvgIpc) is 3.30. The number of carboxylic acids is 1. The number of halogens is 2. The summed E-state index contributed by atoms with van der Waals surface area (Å²) in [6.07, 6.45) is 2.71. The molecule has 1 aliphatic rings. The minimum absolute atomic E-state index is 0.0666. The number of likely N-dealkylation sites (N-methyl/N-ethyl adjacent to an activating group) is 1. The monoisotopic (exact) mass is 439 g/mol. The minimum Gasteiger partial charge on any atom is -0.477 e. The summed E-state index contributed by atoms with van der Waals surface area (Å²) in [5, 5.41) is 9.55. The Kier molecular flexibility index (Phi) is 5.21. The van der Waals surface area contributed by atoms with Crippen LogP contribution in [0.2, 0.25) is 0 Å². The molecule has 1 aromatic carbocycles. The molecule has 0 aliphatic carbocycles. The Morgan fingerprint density at radius 1 is 1.22 bits per heavy atom. The molecular weight excluding hydrogens is 420 g/mol. The molecule has 10 heteroatoms. The maximum atomic E-state index is 14.3. The number of nitrogens with two attached hydrogens (primary N) is 1. The van der Waals surface area contributed by atoms with Gasteiger partial charge in [0.05, 0.1) is 6.54 Å². The van der Waals surface area contributed by atoms with Gasteiger partial charge in [-0.05, 0) is 35.4 Å². The summed E-state index contributed by atoms with van der Waals surface area (Å²) in [4.78, 5) is 34.4. The van der Waals surface area contributed by atoms with Crippen LogP contribution < -0.4 is 5.73 Å². The van der Waals surface area contributed by atoms with Crippen molar-refractivity contribution in [2.75, 3.05) is 13.7 Å². The van der Waals surface area contributed by atoms with Crippen LogP contribution in [0.1, 0.15) is 21.6 Å². The molecule has 1 aliphatic heterocycles. The maximum absolute atomic E-state index is 14.3. The molecule has 4 rings (SSSR count). The topological polar surface area (TPSA) is 114 Å². The van der Waals surface area contributed by atoms with E-state index in [2.05, 4.69) is 9.98 Å². The Morgan fingerprint density at radius 2 is 2.00 bits per heavy atom. The number of aromatic carboxylic acids is 1. The number of carbonyl (C=O) groups excluding carboxylic acids is 1. The molecule has 1 amide bonds. The number of alkyl halides is 1. The zero-order chi connectivity index (χ0) is 23.0. The Labute approximate surface area is 181 Å². The van der Waals surface area contributed by atoms with E-state index in [1.54, 1.807) is 36.4 Å². The molecule has 0 fully saturated rings. The lowest BCUT2D eigenvalue weighted by Crippen LogP contribution is -2.41. The summed E-state index contributed by atoms with van der Waals surface area (Å²) in [6.45, 7) is -1.00. The molecule has 2 aromatic heterocycles. The van der Waals surface area contributed by atoms with Gasteiger partial charge < -0.3 is 15.4 Å². The molecule has 164 valence electrons. The molecular formula is C22H19F2N5O3. The first-order chi connectivity index (χ1) is 15.3. The number of hydrogen-bond donors (Lipinski definition) is 2. The predicted octanol–water partition coefficient (Wildman–Crippen LogP) is 2.39. The fourth-order valence-corrected chi connectivity index (χ4v) is 3.86. The number of rotatable bonds is 6. The van der Waals surface area contributed by atoms with Gasteiger partial charge in [-0.25, -0.2) is 19.2 Å². The van der Waals surface area contributed by atoms with Crippen LogP contribution in [-0.4, -0.2) is 51.1 Å². The predicted molar refractivity (Wildman–Crippen MR) is 112 cm³/mol. The van der Waals surface area contributed by atoms with Crippen molar-refractivity contribution in [2.24, 2.45) is 10.7 Å². The van der Waals surface area contributed by atoms with E-state index < -0.39 is 30.0 Å². The first-order valence-electron chi connectivity index (χ1n) is 9.64. The Bertz CT molecular complexity index is 1260. The van der Waals surface area contributed by atoms with Gasteiger partial charge in [0.15, 0.2) is 11.5 Å². The highest BCUT2D eigenvalue weighted by molar-refractivity contribution is 6.09. The van der Waals surface area contributed by atoms with Crippen molar-refractivity contribution >= 4 is 17.8 Å². The van der Waals surface area contributed by atoms with Gasteiger partial charge >= 0.3 is 5.97 Å². The van der Waals surface area contributed by atoms with Crippen LogP contribution in [-0.2, 0) is 16.9 Å². The number of nitrogens with zero attached hydrogens (tertiary/aromatic N) is 4. The quantitative estimate of drug-likeness (QED) is 0.573. The molecule has 0 bridgehead atoms. The smallest absolute Gasteiger partial charge is 0.352 e. The minimum atomic E-state index is -1.71. The van der Waals surface area contributed by atoms with Gasteiger partial charge in [0.25, 0.3) is 5.91 Å². The van der Waals surface area contributed by atoms with Crippen molar-refractivity contribution in [1.82, 2.24) is 14.5 Å². The van der Waals surface area contributed by atoms with E-state index >= 15 is 0 Å². The largest absolute Gasteiger partial charge is 0.477 e. The second-order valence-electron chi connectivity index (χ2n) is 7.27. The zero-order valence-electron chi connectivity index (χ0n) is 17.0. The summed E-state index contributed by atoms with van der Waals surface area (Å²) in [7, 11) is 1.45. The van der Waals surface area contributed by atoms with E-state index in [1.165, 1.54) is 30.1 Å². The average molecular weight is 439 g/mol. The van der Waals surface area contributed by atoms with E-state index in [-0.39, 0.29) is 29.3 Å². The van der Waals surface area contributed by atoms with E-state index in [4.69, 9.17) is 5.73 Å². The number of aryl methyl sites for hydroxylation is 1. The number of benzene rings is 1. The van der Waals surface area contributed by atoms with Crippen molar-refractivity contribution in [3.63, 3.8) is 0 Å². The Hall–Kier alpha value is -4.08. The van der Waals surface area contributed by atoms with Gasteiger partial charge in [-0.1, -0.05) is 18.2 Å². The van der Waals surface area contributed by atoms with Crippen molar-refractivity contribution < 1.29 is 23.5 Å². The lowest BCUT2D eigenvalue weighted by molar-refractivity contribution is -0.129. The van der Waals surface area contributed by atoms with Crippen LogP contribution >= 0.6 is 0 Å². The number of carboxylic acid groups (broad SMARTS) is 1. The fourth-order valence-electron chi connectivity index (χ4n) is 3.86. The number of aromatic nitrogens is 2. The van der Waals surface area contributed by atoms with E-state index in [9.17, 15) is 23.5 Å². The molecule has 32 heavy (non-hydrogen) atoms. The normalized spacial score (nSPS) is 18.2. The molecule has 3 heterocycles. The number of guanidine groups is 1. The van der Waals surface area contributed by atoms with E-state index in [0.29, 0.717) is 11.1 Å². The van der Waals surface area contributed by atoms with Crippen LogP contribution in [0.15, 0.2) is 59.9 Å². The third-order valence-corrected chi connectivity index (χ3v) is 5.45. The third kappa shape index (κ3) is 3.20.